The molecule has 0 aliphatic carbocycles. The number of benzene rings is 1. The molecule has 2 N–H and O–H groups in total. The molecule has 7 heteroatoms. The normalized spacial score (nSPS) is 13.4. The van der Waals surface area contributed by atoms with E-state index in [9.17, 15) is 17.6 Å². The summed E-state index contributed by atoms with van der Waals surface area (Å²) in [6, 6.07) is 3.80. The molecule has 0 radical (unpaired) electrons. The number of alkyl halides is 3. The van der Waals surface area contributed by atoms with Crippen molar-refractivity contribution in [2.75, 3.05) is 0 Å². The summed E-state index contributed by atoms with van der Waals surface area (Å²) in [7, 11) is 0. The first kappa shape index (κ1) is 14.8. The van der Waals surface area contributed by atoms with E-state index in [1.54, 1.807) is 0 Å². The fourth-order valence-electron chi connectivity index (χ4n) is 1.13. The van der Waals surface area contributed by atoms with E-state index in [2.05, 4.69) is 17.0 Å². The lowest BCUT2D eigenvalue weighted by Gasteiger charge is -2.16. The van der Waals surface area contributed by atoms with Crippen LogP contribution in [0.4, 0.5) is 17.6 Å². The number of hydrogen-bond acceptors (Lipinski definition) is 2. The van der Waals surface area contributed by atoms with Gasteiger partial charge in [-0.2, -0.15) is 13.2 Å². The van der Waals surface area contributed by atoms with Crippen LogP contribution in [0.5, 0.6) is 0 Å². The predicted molar refractivity (Wildman–Crippen MR) is 62.6 cm³/mol. The third kappa shape index (κ3) is 3.92. The Bertz CT molecular complexity index is 447. The molecule has 2 nitrogen and oxygen atoms in total. The van der Waals surface area contributed by atoms with Gasteiger partial charge in [0, 0.05) is 11.1 Å². The summed E-state index contributed by atoms with van der Waals surface area (Å²) in [5, 5.41) is 0. The average Bonchev–Trinajstić information content (AvgIpc) is 2.25. The van der Waals surface area contributed by atoms with Crippen LogP contribution >= 0.6 is 12.2 Å². The standard InChI is InChI=1S/C11H11F4NOS/c1-6(11(13,14)15)17-5-8-3-2-7(10(16)18)4-9(8)12/h2-4,6H,5H2,1H3,(H2,16,18). The van der Waals surface area contributed by atoms with Gasteiger partial charge in [0.25, 0.3) is 0 Å². The van der Waals surface area contributed by atoms with Gasteiger partial charge in [-0.3, -0.25) is 0 Å². The van der Waals surface area contributed by atoms with Gasteiger partial charge in [-0.25, -0.2) is 4.39 Å². The van der Waals surface area contributed by atoms with Crippen LogP contribution in [-0.2, 0) is 11.3 Å². The first-order chi connectivity index (χ1) is 8.21. The molecule has 0 aliphatic rings. The van der Waals surface area contributed by atoms with Crippen LogP contribution in [0.25, 0.3) is 0 Å². The van der Waals surface area contributed by atoms with Crippen LogP contribution in [0, 0.1) is 5.82 Å². The maximum absolute atomic E-state index is 13.5. The molecule has 0 heterocycles. The molecular formula is C11H11F4NOS. The fraction of sp³-hybridized carbons (Fsp3) is 0.364. The lowest BCUT2D eigenvalue weighted by atomic mass is 10.1. The van der Waals surface area contributed by atoms with Gasteiger partial charge in [-0.1, -0.05) is 24.4 Å². The maximum atomic E-state index is 13.5. The van der Waals surface area contributed by atoms with Crippen LogP contribution in [-0.4, -0.2) is 17.3 Å². The third-order valence-electron chi connectivity index (χ3n) is 2.29. The monoisotopic (exact) mass is 281 g/mol. The summed E-state index contributed by atoms with van der Waals surface area (Å²) < 4.78 is 54.5. The maximum Gasteiger partial charge on any atom is 0.414 e. The Kier molecular flexibility index (Phi) is 4.64. The lowest BCUT2D eigenvalue weighted by Crippen LogP contribution is -2.28. The molecule has 0 fully saturated rings. The van der Waals surface area contributed by atoms with Gasteiger partial charge >= 0.3 is 6.18 Å². The summed E-state index contributed by atoms with van der Waals surface area (Å²) >= 11 is 4.65. The summed E-state index contributed by atoms with van der Waals surface area (Å²) in [5.41, 5.74) is 5.63. The fourth-order valence-corrected chi connectivity index (χ4v) is 1.25. The Hall–Kier alpha value is -1.21. The zero-order valence-electron chi connectivity index (χ0n) is 9.42. The minimum Gasteiger partial charge on any atom is -0.389 e. The van der Waals surface area contributed by atoms with Crippen LogP contribution in [0.15, 0.2) is 18.2 Å². The van der Waals surface area contributed by atoms with Crippen molar-refractivity contribution in [3.63, 3.8) is 0 Å². The van der Waals surface area contributed by atoms with E-state index in [1.165, 1.54) is 12.1 Å². The zero-order chi connectivity index (χ0) is 13.9. The molecule has 1 rings (SSSR count). The second-order valence-corrected chi connectivity index (χ2v) is 4.11. The predicted octanol–water partition coefficient (Wildman–Crippen LogP) is 2.93. The summed E-state index contributed by atoms with van der Waals surface area (Å²) in [6.45, 7) is 0.394. The molecule has 18 heavy (non-hydrogen) atoms. The molecule has 100 valence electrons. The minimum atomic E-state index is -4.46. The van der Waals surface area contributed by atoms with Gasteiger partial charge in [-0.05, 0) is 13.0 Å². The molecule has 0 aromatic heterocycles. The molecule has 0 saturated heterocycles. The van der Waals surface area contributed by atoms with Crippen LogP contribution < -0.4 is 5.73 Å². The SMILES string of the molecule is CC(OCc1ccc(C(N)=S)cc1F)C(F)(F)F. The van der Waals surface area contributed by atoms with Gasteiger partial charge in [0.1, 0.15) is 10.8 Å². The van der Waals surface area contributed by atoms with Gasteiger partial charge < -0.3 is 10.5 Å². The van der Waals surface area contributed by atoms with Crippen molar-refractivity contribution in [1.29, 1.82) is 0 Å². The molecule has 0 saturated carbocycles. The molecule has 1 aromatic rings. The van der Waals surface area contributed by atoms with Crippen LogP contribution in [0.3, 0.4) is 0 Å². The highest BCUT2D eigenvalue weighted by molar-refractivity contribution is 7.80. The molecule has 1 unspecified atom stereocenters. The van der Waals surface area contributed by atoms with E-state index < -0.39 is 24.7 Å². The second-order valence-electron chi connectivity index (χ2n) is 3.67. The van der Waals surface area contributed by atoms with E-state index >= 15 is 0 Å². The average molecular weight is 281 g/mol. The Morgan fingerprint density at radius 3 is 2.50 bits per heavy atom. The Morgan fingerprint density at radius 1 is 1.44 bits per heavy atom. The lowest BCUT2D eigenvalue weighted by molar-refractivity contribution is -0.217. The number of hydrogen-bond donors (Lipinski definition) is 1. The van der Waals surface area contributed by atoms with E-state index in [0.717, 1.165) is 13.0 Å². The molecule has 1 aromatic carbocycles. The second kappa shape index (κ2) is 5.62. The minimum absolute atomic E-state index is 0.0185. The van der Waals surface area contributed by atoms with E-state index in [1.807, 2.05) is 0 Å². The van der Waals surface area contributed by atoms with Crippen molar-refractivity contribution in [3.8, 4) is 0 Å². The molecule has 0 bridgehead atoms. The number of nitrogens with two attached hydrogens (primary N) is 1. The highest BCUT2D eigenvalue weighted by Crippen LogP contribution is 2.23. The molecule has 0 spiro atoms. The Balaban J connectivity index is 2.72. The zero-order valence-corrected chi connectivity index (χ0v) is 10.2. The van der Waals surface area contributed by atoms with E-state index in [0.29, 0.717) is 5.56 Å². The molecular weight excluding hydrogens is 270 g/mol. The van der Waals surface area contributed by atoms with Gasteiger partial charge in [0.05, 0.1) is 6.61 Å². The Morgan fingerprint density at radius 2 is 2.06 bits per heavy atom. The molecule has 0 amide bonds. The van der Waals surface area contributed by atoms with Crippen LogP contribution in [0.2, 0.25) is 0 Å². The smallest absolute Gasteiger partial charge is 0.389 e. The van der Waals surface area contributed by atoms with E-state index in [4.69, 9.17) is 5.73 Å². The third-order valence-corrected chi connectivity index (χ3v) is 2.52. The summed E-state index contributed by atoms with van der Waals surface area (Å²) in [4.78, 5) is 0.0185. The number of thiocarbonyl (C=S) groups is 1. The van der Waals surface area contributed by atoms with Gasteiger partial charge in [-0.15, -0.1) is 0 Å². The Labute approximate surface area is 107 Å². The number of halogens is 4. The first-order valence-electron chi connectivity index (χ1n) is 4.98. The number of rotatable bonds is 4. The van der Waals surface area contributed by atoms with Crippen molar-refractivity contribution in [2.24, 2.45) is 5.73 Å². The van der Waals surface area contributed by atoms with Crippen molar-refractivity contribution in [1.82, 2.24) is 0 Å². The molecule has 1 atom stereocenters. The van der Waals surface area contributed by atoms with Crippen molar-refractivity contribution >= 4 is 17.2 Å². The van der Waals surface area contributed by atoms with Crippen molar-refractivity contribution in [3.05, 3.63) is 35.1 Å². The quantitative estimate of drug-likeness (QED) is 0.681. The highest BCUT2D eigenvalue weighted by Gasteiger charge is 2.36. The largest absolute Gasteiger partial charge is 0.414 e. The van der Waals surface area contributed by atoms with Crippen LogP contribution in [0.1, 0.15) is 18.1 Å². The van der Waals surface area contributed by atoms with Crippen molar-refractivity contribution in [2.45, 2.75) is 25.8 Å². The summed E-state index contributed by atoms with van der Waals surface area (Å²) in [6.07, 6.45) is -6.41. The highest BCUT2D eigenvalue weighted by atomic mass is 32.1. The van der Waals surface area contributed by atoms with Crippen molar-refractivity contribution < 1.29 is 22.3 Å². The summed E-state index contributed by atoms with van der Waals surface area (Å²) in [5.74, 6) is -0.699. The first-order valence-corrected chi connectivity index (χ1v) is 5.39. The topological polar surface area (TPSA) is 35.2 Å². The molecule has 0 aliphatic heterocycles. The number of ether oxygens (including phenoxy) is 1. The van der Waals surface area contributed by atoms with Gasteiger partial charge in [0.15, 0.2) is 6.10 Å². The van der Waals surface area contributed by atoms with E-state index in [-0.39, 0.29) is 10.6 Å². The van der Waals surface area contributed by atoms with Gasteiger partial charge in [0.2, 0.25) is 0 Å².